The molecule has 0 atom stereocenters. The lowest BCUT2D eigenvalue weighted by Gasteiger charge is -2.08. The van der Waals surface area contributed by atoms with Gasteiger partial charge in [-0.3, -0.25) is 4.79 Å². The fraction of sp³-hybridized carbons (Fsp3) is 0. The van der Waals surface area contributed by atoms with Crippen molar-refractivity contribution in [3.05, 3.63) is 51.7 Å². The average molecular weight is 292 g/mol. The van der Waals surface area contributed by atoms with Crippen molar-refractivity contribution in [2.24, 2.45) is 0 Å². The molecule has 1 aromatic carbocycles. The molecule has 0 aliphatic carbocycles. The Morgan fingerprint density at radius 3 is 2.84 bits per heavy atom. The zero-order valence-corrected chi connectivity index (χ0v) is 11.1. The summed E-state index contributed by atoms with van der Waals surface area (Å²) in [7, 11) is 0. The molecule has 94 valence electrons. The molecule has 0 aliphatic rings. The Hall–Kier alpha value is -1.78. The Labute approximate surface area is 117 Å². The number of benzene rings is 1. The number of halogens is 2. The zero-order chi connectivity index (χ0) is 13.4. The van der Waals surface area contributed by atoms with Gasteiger partial charge in [0.25, 0.3) is 0 Å². The Kier molecular flexibility index (Phi) is 3.05. The summed E-state index contributed by atoms with van der Waals surface area (Å²) in [6, 6.07) is 6.38. The molecule has 0 saturated carbocycles. The second-order valence-corrected chi connectivity index (χ2v) is 5.24. The third-order valence-corrected chi connectivity index (χ3v) is 4.06. The van der Waals surface area contributed by atoms with Crippen LogP contribution in [-0.2, 0) is 0 Å². The largest absolute Gasteiger partial charge is 0.297 e. The first-order valence-corrected chi connectivity index (χ1v) is 6.74. The summed E-state index contributed by atoms with van der Waals surface area (Å²) in [6.07, 6.45) is 2.27. The van der Waals surface area contributed by atoms with E-state index in [9.17, 15) is 9.18 Å². The topological polar surface area (TPSA) is 30.0 Å². The highest BCUT2D eigenvalue weighted by Crippen LogP contribution is 2.36. The monoisotopic (exact) mass is 291 g/mol. The summed E-state index contributed by atoms with van der Waals surface area (Å²) in [6.45, 7) is 0. The lowest BCUT2D eigenvalue weighted by atomic mass is 9.99. The molecular weight excluding hydrogens is 285 g/mol. The Balaban J connectivity index is 2.43. The molecule has 0 unspecified atom stereocenters. The van der Waals surface area contributed by atoms with Crippen LogP contribution in [0.25, 0.3) is 21.9 Å². The van der Waals surface area contributed by atoms with Crippen LogP contribution in [0, 0.1) is 5.82 Å². The van der Waals surface area contributed by atoms with Crippen LogP contribution in [-0.4, -0.2) is 11.3 Å². The third-order valence-electron chi connectivity index (χ3n) is 2.92. The fourth-order valence-electron chi connectivity index (χ4n) is 2.09. The highest BCUT2D eigenvalue weighted by atomic mass is 35.5. The maximum Gasteiger partial charge on any atom is 0.160 e. The molecule has 3 aromatic rings. The molecule has 5 heteroatoms. The molecule has 0 saturated heterocycles. The van der Waals surface area contributed by atoms with Crippen molar-refractivity contribution in [2.45, 2.75) is 0 Å². The van der Waals surface area contributed by atoms with Gasteiger partial charge in [0.2, 0.25) is 0 Å². The van der Waals surface area contributed by atoms with Gasteiger partial charge in [-0.25, -0.2) is 9.37 Å². The highest BCUT2D eigenvalue weighted by Gasteiger charge is 2.15. The first-order valence-electron chi connectivity index (χ1n) is 5.48. The van der Waals surface area contributed by atoms with E-state index in [2.05, 4.69) is 4.98 Å². The van der Waals surface area contributed by atoms with E-state index in [4.69, 9.17) is 11.6 Å². The molecule has 3 rings (SSSR count). The summed E-state index contributed by atoms with van der Waals surface area (Å²) in [5.74, 6) is -0.378. The molecule has 2 aromatic heterocycles. The quantitative estimate of drug-likeness (QED) is 0.511. The van der Waals surface area contributed by atoms with Gasteiger partial charge < -0.3 is 0 Å². The van der Waals surface area contributed by atoms with Crippen molar-refractivity contribution in [1.29, 1.82) is 0 Å². The van der Waals surface area contributed by atoms with Crippen LogP contribution in [0.2, 0.25) is 5.15 Å². The number of hydrogen-bond acceptors (Lipinski definition) is 3. The summed E-state index contributed by atoms with van der Waals surface area (Å²) >= 11 is 7.30. The van der Waals surface area contributed by atoms with E-state index >= 15 is 0 Å². The Morgan fingerprint density at radius 2 is 2.05 bits per heavy atom. The van der Waals surface area contributed by atoms with Gasteiger partial charge in [0.05, 0.1) is 4.88 Å². The van der Waals surface area contributed by atoms with Crippen molar-refractivity contribution in [3.63, 3.8) is 0 Å². The minimum atomic E-state index is -0.378. The van der Waals surface area contributed by atoms with Gasteiger partial charge in [-0.05, 0) is 35.0 Å². The van der Waals surface area contributed by atoms with Crippen molar-refractivity contribution in [3.8, 4) is 11.1 Å². The number of hydrogen-bond donors (Lipinski definition) is 0. The van der Waals surface area contributed by atoms with E-state index < -0.39 is 0 Å². The number of fused-ring (bicyclic) bond motifs is 1. The van der Waals surface area contributed by atoms with Crippen LogP contribution < -0.4 is 0 Å². The highest BCUT2D eigenvalue weighted by molar-refractivity contribution is 7.12. The molecule has 0 aliphatic heterocycles. The molecule has 0 spiro atoms. The molecule has 2 nitrogen and oxygen atoms in total. The van der Waals surface area contributed by atoms with E-state index in [0.29, 0.717) is 31.9 Å². The van der Waals surface area contributed by atoms with E-state index in [1.807, 2.05) is 0 Å². The second-order valence-electron chi connectivity index (χ2n) is 3.94. The first-order chi connectivity index (χ1) is 9.22. The van der Waals surface area contributed by atoms with Crippen LogP contribution in [0.3, 0.4) is 0 Å². The van der Waals surface area contributed by atoms with E-state index in [1.165, 1.54) is 23.6 Å². The summed E-state index contributed by atoms with van der Waals surface area (Å²) in [4.78, 5) is 15.5. The molecule has 0 amide bonds. The standard InChI is InChI=1S/C14H7ClFNOS/c15-14-9-1-2-11(16)13(8(9)3-5-17-14)10-4-6-19-12(10)7-18/h1-7H. The van der Waals surface area contributed by atoms with E-state index in [1.54, 1.807) is 23.6 Å². The first kappa shape index (κ1) is 12.3. The fourth-order valence-corrected chi connectivity index (χ4v) is 3.01. The SMILES string of the molecule is O=Cc1sccc1-c1c(F)ccc2c(Cl)nccc12. The van der Waals surface area contributed by atoms with Crippen LogP contribution in [0.1, 0.15) is 9.67 Å². The van der Waals surface area contributed by atoms with Crippen molar-refractivity contribution < 1.29 is 9.18 Å². The minimum absolute atomic E-state index is 0.321. The predicted octanol–water partition coefficient (Wildman–Crippen LogP) is 4.57. The number of aldehydes is 1. The van der Waals surface area contributed by atoms with Crippen molar-refractivity contribution >= 4 is 40.0 Å². The van der Waals surface area contributed by atoms with Crippen LogP contribution in [0.5, 0.6) is 0 Å². The van der Waals surface area contributed by atoms with Crippen LogP contribution in [0.15, 0.2) is 35.8 Å². The van der Waals surface area contributed by atoms with Crippen LogP contribution in [0.4, 0.5) is 4.39 Å². The summed E-state index contributed by atoms with van der Waals surface area (Å²) < 4.78 is 14.2. The minimum Gasteiger partial charge on any atom is -0.297 e. The van der Waals surface area contributed by atoms with E-state index in [0.717, 1.165) is 6.29 Å². The van der Waals surface area contributed by atoms with Gasteiger partial charge in [-0.15, -0.1) is 11.3 Å². The van der Waals surface area contributed by atoms with Gasteiger partial charge in [0, 0.05) is 22.7 Å². The summed E-state index contributed by atoms with van der Waals surface area (Å²) in [5, 5.41) is 3.41. The predicted molar refractivity (Wildman–Crippen MR) is 75.4 cm³/mol. The van der Waals surface area contributed by atoms with Gasteiger partial charge >= 0.3 is 0 Å². The van der Waals surface area contributed by atoms with Gasteiger partial charge in [-0.1, -0.05) is 11.6 Å². The number of nitrogens with zero attached hydrogens (tertiary/aromatic N) is 1. The maximum atomic E-state index is 14.2. The number of carbonyl (C=O) groups is 1. The molecule has 0 radical (unpaired) electrons. The molecular formula is C14H7ClFNOS. The number of pyridine rings is 1. The molecule has 0 fully saturated rings. The van der Waals surface area contributed by atoms with Gasteiger partial charge in [0.15, 0.2) is 6.29 Å². The Bertz CT molecular complexity index is 784. The lowest BCUT2D eigenvalue weighted by molar-refractivity contribution is 0.112. The maximum absolute atomic E-state index is 14.2. The number of rotatable bonds is 2. The molecule has 0 bridgehead atoms. The average Bonchev–Trinajstić information content (AvgIpc) is 2.86. The van der Waals surface area contributed by atoms with E-state index in [-0.39, 0.29) is 5.82 Å². The van der Waals surface area contributed by atoms with Crippen molar-refractivity contribution in [1.82, 2.24) is 4.98 Å². The number of aromatic nitrogens is 1. The molecule has 0 N–H and O–H groups in total. The van der Waals surface area contributed by atoms with Crippen LogP contribution >= 0.6 is 22.9 Å². The zero-order valence-electron chi connectivity index (χ0n) is 9.56. The van der Waals surface area contributed by atoms with Gasteiger partial charge in [-0.2, -0.15) is 0 Å². The Morgan fingerprint density at radius 1 is 1.21 bits per heavy atom. The lowest BCUT2D eigenvalue weighted by Crippen LogP contribution is -1.90. The number of thiophene rings is 1. The second kappa shape index (κ2) is 4.72. The molecule has 19 heavy (non-hydrogen) atoms. The third kappa shape index (κ3) is 1.93. The van der Waals surface area contributed by atoms with Gasteiger partial charge in [0.1, 0.15) is 11.0 Å². The normalized spacial score (nSPS) is 10.8. The smallest absolute Gasteiger partial charge is 0.160 e. The molecule has 2 heterocycles. The summed E-state index contributed by atoms with van der Waals surface area (Å²) in [5.41, 5.74) is 0.982. The number of carbonyl (C=O) groups excluding carboxylic acids is 1. The van der Waals surface area contributed by atoms with Crippen molar-refractivity contribution in [2.75, 3.05) is 0 Å².